The first-order valence-electron chi connectivity index (χ1n) is 8.91. The number of benzene rings is 2. The summed E-state index contributed by atoms with van der Waals surface area (Å²) in [4.78, 5) is 12.4. The number of furan rings is 1. The molecular formula is C20H21BrN2O5S. The number of hydrogen-bond acceptors (Lipinski definition) is 5. The zero-order chi connectivity index (χ0) is 21.0. The lowest BCUT2D eigenvalue weighted by Crippen LogP contribution is -2.32. The highest BCUT2D eigenvalue weighted by Gasteiger charge is 2.18. The van der Waals surface area contributed by atoms with Gasteiger partial charge in [-0.3, -0.25) is 4.79 Å². The van der Waals surface area contributed by atoms with Crippen molar-refractivity contribution < 1.29 is 22.4 Å². The van der Waals surface area contributed by atoms with Crippen LogP contribution in [0, 0.1) is 0 Å². The summed E-state index contributed by atoms with van der Waals surface area (Å²) in [5, 5.41) is 3.69. The standard InChI is InChI=1S/C20H21BrN2O5S/c1-13(18-11-14-5-3-8-17(27-2)20(14)28-18)23-19(24)9-10-22-29(25,26)16-7-4-6-15(21)12-16/h3-8,11-13,22H,9-10H2,1-2H3,(H,23,24). The first-order valence-corrected chi connectivity index (χ1v) is 11.2. The molecule has 1 aromatic heterocycles. The normalized spacial score (nSPS) is 12.7. The zero-order valence-corrected chi connectivity index (χ0v) is 18.3. The smallest absolute Gasteiger partial charge is 0.240 e. The largest absolute Gasteiger partial charge is 0.493 e. The zero-order valence-electron chi connectivity index (χ0n) is 15.9. The van der Waals surface area contributed by atoms with E-state index >= 15 is 0 Å². The van der Waals surface area contributed by atoms with E-state index in [1.165, 1.54) is 12.1 Å². The fourth-order valence-electron chi connectivity index (χ4n) is 2.83. The van der Waals surface area contributed by atoms with Gasteiger partial charge in [-0.25, -0.2) is 13.1 Å². The van der Waals surface area contributed by atoms with Crippen LogP contribution in [0.3, 0.4) is 0 Å². The molecule has 2 N–H and O–H groups in total. The van der Waals surface area contributed by atoms with E-state index in [0.717, 1.165) is 5.39 Å². The SMILES string of the molecule is COc1cccc2cc(C(C)NC(=O)CCNS(=O)(=O)c3cccc(Br)c3)oc12. The Hall–Kier alpha value is -2.36. The second-order valence-electron chi connectivity index (χ2n) is 6.42. The van der Waals surface area contributed by atoms with Gasteiger partial charge in [0.2, 0.25) is 15.9 Å². The topological polar surface area (TPSA) is 97.6 Å². The molecule has 1 heterocycles. The first kappa shape index (κ1) is 21.4. The van der Waals surface area contributed by atoms with Gasteiger partial charge in [-0.2, -0.15) is 0 Å². The Morgan fingerprint density at radius 3 is 2.69 bits per heavy atom. The van der Waals surface area contributed by atoms with Crippen LogP contribution in [-0.4, -0.2) is 28.0 Å². The van der Waals surface area contributed by atoms with Crippen molar-refractivity contribution in [1.29, 1.82) is 0 Å². The van der Waals surface area contributed by atoms with Gasteiger partial charge in [0.05, 0.1) is 18.0 Å². The van der Waals surface area contributed by atoms with Gasteiger partial charge in [-0.15, -0.1) is 0 Å². The summed E-state index contributed by atoms with van der Waals surface area (Å²) >= 11 is 3.24. The fourth-order valence-corrected chi connectivity index (χ4v) is 4.46. The highest BCUT2D eigenvalue weighted by molar-refractivity contribution is 9.10. The first-order chi connectivity index (χ1) is 13.8. The molecular weight excluding hydrogens is 460 g/mol. The summed E-state index contributed by atoms with van der Waals surface area (Å²) in [7, 11) is -2.11. The van der Waals surface area contributed by atoms with Gasteiger partial charge < -0.3 is 14.5 Å². The molecule has 0 fully saturated rings. The lowest BCUT2D eigenvalue weighted by Gasteiger charge is -2.12. The molecule has 0 aliphatic carbocycles. The predicted molar refractivity (Wildman–Crippen MR) is 113 cm³/mol. The van der Waals surface area contributed by atoms with E-state index in [1.54, 1.807) is 32.2 Å². The number of hydrogen-bond donors (Lipinski definition) is 2. The van der Waals surface area contributed by atoms with Crippen LogP contribution >= 0.6 is 15.9 Å². The highest BCUT2D eigenvalue weighted by Crippen LogP contribution is 2.30. The lowest BCUT2D eigenvalue weighted by molar-refractivity contribution is -0.121. The molecule has 3 rings (SSSR count). The van der Waals surface area contributed by atoms with Crippen LogP contribution in [0.15, 0.2) is 62.3 Å². The number of rotatable bonds is 8. The van der Waals surface area contributed by atoms with Crippen molar-refractivity contribution in [3.63, 3.8) is 0 Å². The monoisotopic (exact) mass is 480 g/mol. The van der Waals surface area contributed by atoms with Gasteiger partial charge in [0.25, 0.3) is 0 Å². The summed E-state index contributed by atoms with van der Waals surface area (Å²) in [5.74, 6) is 0.920. The van der Waals surface area contributed by atoms with Crippen LogP contribution < -0.4 is 14.8 Å². The van der Waals surface area contributed by atoms with Crippen molar-refractivity contribution in [1.82, 2.24) is 10.0 Å². The minimum Gasteiger partial charge on any atom is -0.493 e. The molecule has 29 heavy (non-hydrogen) atoms. The number of sulfonamides is 1. The van der Waals surface area contributed by atoms with Crippen LogP contribution in [0.4, 0.5) is 0 Å². The number of methoxy groups -OCH3 is 1. The van der Waals surface area contributed by atoms with Gasteiger partial charge in [-0.1, -0.05) is 34.1 Å². The van der Waals surface area contributed by atoms with Crippen molar-refractivity contribution in [3.8, 4) is 5.75 Å². The Kier molecular flexibility index (Phi) is 6.61. The van der Waals surface area contributed by atoms with Crippen LogP contribution in [-0.2, 0) is 14.8 Å². The van der Waals surface area contributed by atoms with E-state index in [1.807, 2.05) is 18.2 Å². The lowest BCUT2D eigenvalue weighted by atomic mass is 10.2. The number of carbonyl (C=O) groups excluding carboxylic acids is 1. The molecule has 0 bridgehead atoms. The van der Waals surface area contributed by atoms with Crippen LogP contribution in [0.5, 0.6) is 5.75 Å². The molecule has 0 aliphatic heterocycles. The van der Waals surface area contributed by atoms with Gasteiger partial charge in [-0.05, 0) is 37.3 Å². The summed E-state index contributed by atoms with van der Waals surface area (Å²) in [6.45, 7) is 1.79. The van der Waals surface area contributed by atoms with E-state index in [4.69, 9.17) is 9.15 Å². The van der Waals surface area contributed by atoms with Gasteiger partial charge in [0.1, 0.15) is 5.76 Å². The quantitative estimate of drug-likeness (QED) is 0.511. The van der Waals surface area contributed by atoms with Crippen LogP contribution in [0.2, 0.25) is 0 Å². The molecule has 2 aromatic carbocycles. The van der Waals surface area contributed by atoms with Crippen molar-refractivity contribution in [2.45, 2.75) is 24.3 Å². The summed E-state index contributed by atoms with van der Waals surface area (Å²) < 4.78 is 38.8. The third-order valence-corrected chi connectivity index (χ3v) is 6.25. The molecule has 7 nitrogen and oxygen atoms in total. The maximum Gasteiger partial charge on any atom is 0.240 e. The predicted octanol–water partition coefficient (Wildman–Crippen LogP) is 3.75. The van der Waals surface area contributed by atoms with E-state index < -0.39 is 10.0 Å². The molecule has 0 radical (unpaired) electrons. The molecule has 0 saturated carbocycles. The average molecular weight is 481 g/mol. The second-order valence-corrected chi connectivity index (χ2v) is 9.10. The Morgan fingerprint density at radius 2 is 1.97 bits per heavy atom. The maximum absolute atomic E-state index is 12.3. The highest BCUT2D eigenvalue weighted by atomic mass is 79.9. The summed E-state index contributed by atoms with van der Waals surface area (Å²) in [6.07, 6.45) is 0.00111. The maximum atomic E-state index is 12.3. The molecule has 0 saturated heterocycles. The Labute approximate surface area is 177 Å². The molecule has 1 amide bonds. The van der Waals surface area contributed by atoms with Crippen LogP contribution in [0.1, 0.15) is 25.1 Å². The third kappa shape index (κ3) is 5.17. The van der Waals surface area contributed by atoms with Crippen molar-refractivity contribution in [2.24, 2.45) is 0 Å². The van der Waals surface area contributed by atoms with Gasteiger partial charge in [0, 0.05) is 22.8 Å². The Morgan fingerprint density at radius 1 is 1.21 bits per heavy atom. The van der Waals surface area contributed by atoms with E-state index in [0.29, 0.717) is 21.6 Å². The number of para-hydroxylation sites is 1. The number of ether oxygens (including phenoxy) is 1. The van der Waals surface area contributed by atoms with E-state index in [9.17, 15) is 13.2 Å². The fraction of sp³-hybridized carbons (Fsp3) is 0.250. The van der Waals surface area contributed by atoms with E-state index in [-0.39, 0.29) is 29.8 Å². The molecule has 1 atom stereocenters. The molecule has 0 aliphatic rings. The number of fused-ring (bicyclic) bond motifs is 1. The Bertz CT molecular complexity index is 1130. The molecule has 154 valence electrons. The third-order valence-electron chi connectivity index (χ3n) is 4.30. The van der Waals surface area contributed by atoms with Crippen molar-refractivity contribution in [3.05, 3.63) is 58.8 Å². The molecule has 1 unspecified atom stereocenters. The second kappa shape index (κ2) is 8.98. The summed E-state index contributed by atoms with van der Waals surface area (Å²) in [6, 6.07) is 13.4. The van der Waals surface area contributed by atoms with Gasteiger partial charge in [0.15, 0.2) is 11.3 Å². The number of halogens is 1. The molecule has 3 aromatic rings. The number of carbonyl (C=O) groups is 1. The molecule has 0 spiro atoms. The van der Waals surface area contributed by atoms with Crippen molar-refractivity contribution >= 4 is 42.8 Å². The minimum absolute atomic E-state index is 0.00111. The number of nitrogens with one attached hydrogen (secondary N) is 2. The minimum atomic E-state index is -3.68. The molecule has 9 heteroatoms. The van der Waals surface area contributed by atoms with E-state index in [2.05, 4.69) is 26.0 Å². The summed E-state index contributed by atoms with van der Waals surface area (Å²) in [5.41, 5.74) is 0.618. The average Bonchev–Trinajstić information content (AvgIpc) is 3.12. The Balaban J connectivity index is 1.57. The number of amides is 1. The van der Waals surface area contributed by atoms with Gasteiger partial charge >= 0.3 is 0 Å². The van der Waals surface area contributed by atoms with Crippen molar-refractivity contribution in [2.75, 3.05) is 13.7 Å². The van der Waals surface area contributed by atoms with Crippen LogP contribution in [0.25, 0.3) is 11.0 Å².